The highest BCUT2D eigenvalue weighted by Crippen LogP contribution is 2.33. The first kappa shape index (κ1) is 23.2. The fourth-order valence-electron chi connectivity index (χ4n) is 3.47. The molecule has 1 aliphatic heterocycles. The lowest BCUT2D eigenvalue weighted by atomic mass is 9.89. The number of aliphatic imine (C=N–C) groups is 1. The van der Waals surface area contributed by atoms with Crippen molar-refractivity contribution < 1.29 is 4.74 Å². The second-order valence-corrected chi connectivity index (χ2v) is 8.57. The van der Waals surface area contributed by atoms with Gasteiger partial charge in [-0.25, -0.2) is 4.99 Å². The number of nitrogens with zero attached hydrogens (tertiary/aromatic N) is 1. The maximum atomic E-state index is 6.14. The van der Waals surface area contributed by atoms with Gasteiger partial charge in [-0.3, -0.25) is 0 Å². The number of benzene rings is 1. The largest absolute Gasteiger partial charge is 0.373 e. The second-order valence-electron chi connectivity index (χ2n) is 7.19. The number of ether oxygens (including phenoxy) is 1. The maximum Gasteiger partial charge on any atom is 0.191 e. The van der Waals surface area contributed by atoms with Crippen LogP contribution in [0.3, 0.4) is 0 Å². The predicted octanol–water partition coefficient (Wildman–Crippen LogP) is 5.21. The van der Waals surface area contributed by atoms with Crippen LogP contribution in [0.1, 0.15) is 46.8 Å². The van der Waals surface area contributed by atoms with Crippen molar-refractivity contribution in [1.82, 2.24) is 10.6 Å². The van der Waals surface area contributed by atoms with Crippen molar-refractivity contribution in [3.63, 3.8) is 0 Å². The third kappa shape index (κ3) is 6.74. The van der Waals surface area contributed by atoms with Gasteiger partial charge in [0.25, 0.3) is 0 Å². The van der Waals surface area contributed by atoms with Crippen LogP contribution in [0.5, 0.6) is 0 Å². The molecule has 4 nitrogen and oxygen atoms in total. The normalized spacial score (nSPS) is 19.8. The molecule has 0 aliphatic carbocycles. The third-order valence-electron chi connectivity index (χ3n) is 4.92. The summed E-state index contributed by atoms with van der Waals surface area (Å²) in [6, 6.07) is 13.1. The zero-order valence-electron chi connectivity index (χ0n) is 17.0. The summed E-state index contributed by atoms with van der Waals surface area (Å²) < 4.78 is 6.14. The molecule has 1 aliphatic rings. The van der Waals surface area contributed by atoms with Gasteiger partial charge in [0.15, 0.2) is 5.96 Å². The van der Waals surface area contributed by atoms with Crippen molar-refractivity contribution >= 4 is 41.3 Å². The van der Waals surface area contributed by atoms with E-state index in [2.05, 4.69) is 67.8 Å². The number of halogens is 1. The van der Waals surface area contributed by atoms with Gasteiger partial charge in [-0.1, -0.05) is 29.8 Å². The van der Waals surface area contributed by atoms with Crippen LogP contribution < -0.4 is 10.6 Å². The second kappa shape index (κ2) is 11.8. The number of hydrogen-bond acceptors (Lipinski definition) is 3. The minimum absolute atomic E-state index is 0. The standard InChI is InChI=1S/C22H31N3OS.HI/c1-4-23-22(25-15-20-12-9-17(3)27-20)24-14-19-6-5-13-26-21(19)18-10-7-16(2)8-11-18;/h7-12,19,21H,4-6,13-15H2,1-3H3,(H2,23,24,25);1H. The summed E-state index contributed by atoms with van der Waals surface area (Å²) in [6.45, 7) is 9.66. The van der Waals surface area contributed by atoms with Crippen molar-refractivity contribution in [3.8, 4) is 0 Å². The van der Waals surface area contributed by atoms with E-state index in [-0.39, 0.29) is 30.1 Å². The van der Waals surface area contributed by atoms with Gasteiger partial charge in [0, 0.05) is 35.4 Å². The summed E-state index contributed by atoms with van der Waals surface area (Å²) in [5.74, 6) is 1.34. The molecule has 28 heavy (non-hydrogen) atoms. The molecule has 0 bridgehead atoms. The molecular weight excluding hydrogens is 481 g/mol. The van der Waals surface area contributed by atoms with Crippen molar-refractivity contribution in [1.29, 1.82) is 0 Å². The zero-order chi connectivity index (χ0) is 19.1. The Morgan fingerprint density at radius 1 is 1.14 bits per heavy atom. The fraction of sp³-hybridized carbons (Fsp3) is 0.500. The molecule has 3 rings (SSSR count). The van der Waals surface area contributed by atoms with E-state index >= 15 is 0 Å². The maximum absolute atomic E-state index is 6.14. The summed E-state index contributed by atoms with van der Waals surface area (Å²) in [5, 5.41) is 6.91. The first-order valence-electron chi connectivity index (χ1n) is 9.91. The topological polar surface area (TPSA) is 45.7 Å². The van der Waals surface area contributed by atoms with Crippen molar-refractivity contribution in [2.24, 2.45) is 10.9 Å². The van der Waals surface area contributed by atoms with E-state index < -0.39 is 0 Å². The Labute approximate surface area is 190 Å². The van der Waals surface area contributed by atoms with E-state index in [1.165, 1.54) is 27.3 Å². The fourth-order valence-corrected chi connectivity index (χ4v) is 4.29. The van der Waals surface area contributed by atoms with Crippen LogP contribution in [-0.4, -0.2) is 25.7 Å². The van der Waals surface area contributed by atoms with Gasteiger partial charge < -0.3 is 15.4 Å². The van der Waals surface area contributed by atoms with Crippen LogP contribution in [0.25, 0.3) is 0 Å². The average Bonchev–Trinajstić information content (AvgIpc) is 3.10. The van der Waals surface area contributed by atoms with Crippen molar-refractivity contribution in [3.05, 3.63) is 57.3 Å². The first-order valence-corrected chi connectivity index (χ1v) is 10.7. The lowest BCUT2D eigenvalue weighted by Crippen LogP contribution is -2.42. The highest BCUT2D eigenvalue weighted by Gasteiger charge is 2.27. The molecule has 1 aromatic carbocycles. The Balaban J connectivity index is 0.00000280. The predicted molar refractivity (Wildman–Crippen MR) is 130 cm³/mol. The van der Waals surface area contributed by atoms with E-state index in [9.17, 15) is 0 Å². The van der Waals surface area contributed by atoms with Crippen LogP contribution in [0.15, 0.2) is 41.4 Å². The van der Waals surface area contributed by atoms with E-state index in [4.69, 9.17) is 9.73 Å². The van der Waals surface area contributed by atoms with E-state index in [0.717, 1.165) is 38.6 Å². The SMILES string of the molecule is CCNC(=NCc1ccc(C)s1)NCC1CCCOC1c1ccc(C)cc1.I. The monoisotopic (exact) mass is 513 g/mol. The molecule has 0 spiro atoms. The quantitative estimate of drug-likeness (QED) is 0.317. The van der Waals surface area contributed by atoms with Crippen LogP contribution in [-0.2, 0) is 11.3 Å². The van der Waals surface area contributed by atoms with Gasteiger partial charge in [-0.2, -0.15) is 0 Å². The van der Waals surface area contributed by atoms with Gasteiger partial charge in [0.05, 0.1) is 12.6 Å². The summed E-state index contributed by atoms with van der Waals surface area (Å²) in [5.41, 5.74) is 2.57. The Morgan fingerprint density at radius 3 is 2.61 bits per heavy atom. The Hall–Kier alpha value is -1.12. The molecular formula is C22H32IN3OS. The smallest absolute Gasteiger partial charge is 0.191 e. The highest BCUT2D eigenvalue weighted by atomic mass is 127. The zero-order valence-corrected chi connectivity index (χ0v) is 20.2. The summed E-state index contributed by atoms with van der Waals surface area (Å²) in [6.07, 6.45) is 2.46. The number of guanidine groups is 1. The minimum Gasteiger partial charge on any atom is -0.373 e. The summed E-state index contributed by atoms with van der Waals surface area (Å²) in [7, 11) is 0. The van der Waals surface area contributed by atoms with E-state index in [0.29, 0.717) is 5.92 Å². The first-order chi connectivity index (χ1) is 13.2. The Kier molecular flexibility index (Phi) is 9.74. The number of aryl methyl sites for hydroxylation is 2. The third-order valence-corrected chi connectivity index (χ3v) is 5.90. The number of rotatable bonds is 6. The van der Waals surface area contributed by atoms with Crippen molar-refractivity contribution in [2.75, 3.05) is 19.7 Å². The molecule has 2 N–H and O–H groups in total. The van der Waals surface area contributed by atoms with Crippen LogP contribution in [0.2, 0.25) is 0 Å². The molecule has 2 unspecified atom stereocenters. The Morgan fingerprint density at radius 2 is 1.93 bits per heavy atom. The van der Waals surface area contributed by atoms with Gasteiger partial charge in [0.1, 0.15) is 0 Å². The molecule has 2 atom stereocenters. The molecule has 2 heterocycles. The number of thiophene rings is 1. The minimum atomic E-state index is 0. The Bertz CT molecular complexity index is 744. The molecule has 154 valence electrons. The van der Waals surface area contributed by atoms with E-state index in [1.54, 1.807) is 0 Å². The molecule has 0 radical (unpaired) electrons. The molecule has 0 saturated carbocycles. The summed E-state index contributed by atoms with van der Waals surface area (Å²) in [4.78, 5) is 7.38. The van der Waals surface area contributed by atoms with Crippen LogP contribution in [0, 0.1) is 19.8 Å². The van der Waals surface area contributed by atoms with Gasteiger partial charge in [-0.05, 0) is 51.3 Å². The average molecular weight is 513 g/mol. The van der Waals surface area contributed by atoms with Crippen LogP contribution >= 0.6 is 35.3 Å². The van der Waals surface area contributed by atoms with E-state index in [1.807, 2.05) is 11.3 Å². The number of nitrogens with one attached hydrogen (secondary N) is 2. The van der Waals surface area contributed by atoms with Crippen LogP contribution in [0.4, 0.5) is 0 Å². The summed E-state index contributed by atoms with van der Waals surface area (Å²) >= 11 is 1.81. The molecule has 0 amide bonds. The molecule has 1 saturated heterocycles. The lowest BCUT2D eigenvalue weighted by Gasteiger charge is -2.32. The molecule has 6 heteroatoms. The van der Waals surface area contributed by atoms with Gasteiger partial charge in [-0.15, -0.1) is 35.3 Å². The molecule has 1 fully saturated rings. The molecule has 1 aromatic heterocycles. The number of hydrogen-bond donors (Lipinski definition) is 2. The van der Waals surface area contributed by atoms with Crippen molar-refractivity contribution in [2.45, 2.75) is 46.3 Å². The van der Waals surface area contributed by atoms with Gasteiger partial charge in [0.2, 0.25) is 0 Å². The molecule has 2 aromatic rings. The van der Waals surface area contributed by atoms with Gasteiger partial charge >= 0.3 is 0 Å². The lowest BCUT2D eigenvalue weighted by molar-refractivity contribution is -0.0265. The highest BCUT2D eigenvalue weighted by molar-refractivity contribution is 14.0.